The van der Waals surface area contributed by atoms with Crippen LogP contribution in [0.1, 0.15) is 30.7 Å². The number of benzene rings is 1. The first-order chi connectivity index (χ1) is 14.9. The van der Waals surface area contributed by atoms with Crippen molar-refractivity contribution in [2.45, 2.75) is 42.8 Å². The van der Waals surface area contributed by atoms with Crippen molar-refractivity contribution in [1.82, 2.24) is 20.1 Å². The van der Waals surface area contributed by atoms with Crippen molar-refractivity contribution in [3.05, 3.63) is 42.2 Å². The summed E-state index contributed by atoms with van der Waals surface area (Å²) in [4.78, 5) is 12.6. The second kappa shape index (κ2) is 8.91. The highest BCUT2D eigenvalue weighted by molar-refractivity contribution is 8.00. The van der Waals surface area contributed by atoms with Crippen molar-refractivity contribution in [2.75, 3.05) is 18.3 Å². The van der Waals surface area contributed by atoms with Gasteiger partial charge >= 0.3 is 0 Å². The number of carbonyl (C=O) groups excluding carboxylic acids is 1. The molecule has 166 valence electrons. The SMILES string of the molecule is C=CCn1c(S[C@@H](C)C(=O)NCc2ccc3c(c2)OCO3)nnc1[C@@H]1CCS(=O)(=O)C1. The molecule has 2 aromatic rings. The monoisotopic (exact) mass is 464 g/mol. The number of hydrogen-bond donors (Lipinski definition) is 1. The van der Waals surface area contributed by atoms with Gasteiger partial charge in [0.1, 0.15) is 5.82 Å². The summed E-state index contributed by atoms with van der Waals surface area (Å²) < 4.78 is 36.2. The minimum atomic E-state index is -3.03. The molecule has 0 spiro atoms. The molecule has 0 saturated carbocycles. The fourth-order valence-corrected chi connectivity index (χ4v) is 6.21. The first-order valence-corrected chi connectivity index (χ1v) is 12.6. The van der Waals surface area contributed by atoms with Gasteiger partial charge in [0.2, 0.25) is 12.7 Å². The summed E-state index contributed by atoms with van der Waals surface area (Å²) >= 11 is 1.29. The Kier molecular flexibility index (Phi) is 6.24. The Hall–Kier alpha value is -2.53. The topological polar surface area (TPSA) is 112 Å². The Morgan fingerprint density at radius 2 is 2.19 bits per heavy atom. The number of nitrogens with one attached hydrogen (secondary N) is 1. The molecule has 3 heterocycles. The predicted molar refractivity (Wildman–Crippen MR) is 116 cm³/mol. The number of amides is 1. The molecule has 4 rings (SSSR count). The zero-order chi connectivity index (χ0) is 22.0. The molecule has 2 aliphatic rings. The van der Waals surface area contributed by atoms with Crippen molar-refractivity contribution in [3.8, 4) is 11.5 Å². The molecule has 0 radical (unpaired) electrons. The van der Waals surface area contributed by atoms with Crippen LogP contribution in [0, 0.1) is 0 Å². The lowest BCUT2D eigenvalue weighted by molar-refractivity contribution is -0.120. The van der Waals surface area contributed by atoms with Gasteiger partial charge in [-0.2, -0.15) is 0 Å². The largest absolute Gasteiger partial charge is 0.454 e. The van der Waals surface area contributed by atoms with Crippen LogP contribution in [-0.2, 0) is 27.7 Å². The number of allylic oxidation sites excluding steroid dienone is 1. The van der Waals surface area contributed by atoms with E-state index < -0.39 is 15.1 Å². The van der Waals surface area contributed by atoms with Gasteiger partial charge in [0, 0.05) is 19.0 Å². The number of carbonyl (C=O) groups is 1. The van der Waals surface area contributed by atoms with Crippen molar-refractivity contribution in [2.24, 2.45) is 0 Å². The van der Waals surface area contributed by atoms with Crippen LogP contribution >= 0.6 is 11.8 Å². The van der Waals surface area contributed by atoms with Crippen LogP contribution in [0.15, 0.2) is 36.0 Å². The van der Waals surface area contributed by atoms with E-state index in [0.717, 1.165) is 5.56 Å². The number of fused-ring (bicyclic) bond motifs is 1. The highest BCUT2D eigenvalue weighted by atomic mass is 32.2. The number of thioether (sulfide) groups is 1. The van der Waals surface area contributed by atoms with E-state index in [0.29, 0.717) is 42.0 Å². The van der Waals surface area contributed by atoms with Crippen LogP contribution in [0.5, 0.6) is 11.5 Å². The first kappa shape index (κ1) is 21.7. The number of ether oxygens (including phenoxy) is 2. The van der Waals surface area contributed by atoms with Gasteiger partial charge in [0.25, 0.3) is 0 Å². The van der Waals surface area contributed by atoms with Gasteiger partial charge in [-0.3, -0.25) is 4.79 Å². The fraction of sp³-hybridized carbons (Fsp3) is 0.450. The maximum atomic E-state index is 12.6. The molecule has 1 saturated heterocycles. The fourth-order valence-electron chi connectivity index (χ4n) is 3.58. The molecule has 1 aromatic heterocycles. The molecule has 9 nitrogen and oxygen atoms in total. The molecule has 0 aliphatic carbocycles. The second-order valence-corrected chi connectivity index (χ2v) is 11.0. The lowest BCUT2D eigenvalue weighted by Gasteiger charge is -2.14. The highest BCUT2D eigenvalue weighted by Crippen LogP contribution is 2.33. The summed E-state index contributed by atoms with van der Waals surface area (Å²) in [5.74, 6) is 1.94. The van der Waals surface area contributed by atoms with E-state index in [1.807, 2.05) is 22.8 Å². The smallest absolute Gasteiger partial charge is 0.233 e. The van der Waals surface area contributed by atoms with Gasteiger partial charge in [-0.25, -0.2) is 8.42 Å². The summed E-state index contributed by atoms with van der Waals surface area (Å²) in [5, 5.41) is 11.6. The molecule has 1 aromatic carbocycles. The van der Waals surface area contributed by atoms with E-state index in [-0.39, 0.29) is 30.1 Å². The van der Waals surface area contributed by atoms with E-state index in [1.54, 1.807) is 13.0 Å². The summed E-state index contributed by atoms with van der Waals surface area (Å²) in [5.41, 5.74) is 0.911. The number of nitrogens with zero attached hydrogens (tertiary/aromatic N) is 3. The molecule has 1 fully saturated rings. The Labute approximate surface area is 185 Å². The average Bonchev–Trinajstić information content (AvgIpc) is 3.45. The third-order valence-electron chi connectivity index (χ3n) is 5.21. The second-order valence-electron chi connectivity index (χ2n) is 7.51. The van der Waals surface area contributed by atoms with Crippen LogP contribution in [0.25, 0.3) is 0 Å². The van der Waals surface area contributed by atoms with Crippen LogP contribution in [0.3, 0.4) is 0 Å². The number of rotatable bonds is 8. The lowest BCUT2D eigenvalue weighted by atomic mass is 10.1. The van der Waals surface area contributed by atoms with E-state index in [4.69, 9.17) is 9.47 Å². The quantitative estimate of drug-likeness (QED) is 0.466. The molecule has 1 amide bonds. The summed E-state index contributed by atoms with van der Waals surface area (Å²) in [6.07, 6.45) is 2.25. The van der Waals surface area contributed by atoms with Gasteiger partial charge in [0.15, 0.2) is 26.5 Å². The maximum Gasteiger partial charge on any atom is 0.233 e. The van der Waals surface area contributed by atoms with E-state index in [2.05, 4.69) is 22.1 Å². The number of hydrogen-bond acceptors (Lipinski definition) is 8. The summed E-state index contributed by atoms with van der Waals surface area (Å²) in [6.45, 7) is 6.59. The highest BCUT2D eigenvalue weighted by Gasteiger charge is 2.33. The van der Waals surface area contributed by atoms with Gasteiger partial charge in [-0.15, -0.1) is 16.8 Å². The molecular weight excluding hydrogens is 440 g/mol. The van der Waals surface area contributed by atoms with Gasteiger partial charge in [-0.05, 0) is 31.0 Å². The number of aromatic nitrogens is 3. The standard InChI is InChI=1S/C20H24N4O5S2/c1-3-7-24-18(15-6-8-31(26,27)11-15)22-23-20(24)30-13(2)19(25)21-10-14-4-5-16-17(9-14)29-12-28-16/h3-5,9,13,15H,1,6-8,10-12H2,2H3,(H,21,25)/t13-,15+/m0/s1. The zero-order valence-electron chi connectivity index (χ0n) is 17.1. The molecular formula is C20H24N4O5S2. The Bertz CT molecular complexity index is 1100. The summed E-state index contributed by atoms with van der Waals surface area (Å²) in [6, 6.07) is 5.56. The minimum absolute atomic E-state index is 0.0819. The Morgan fingerprint density at radius 1 is 1.39 bits per heavy atom. The van der Waals surface area contributed by atoms with Gasteiger partial charge in [0.05, 0.1) is 16.8 Å². The van der Waals surface area contributed by atoms with Crippen LogP contribution in [0.2, 0.25) is 0 Å². The predicted octanol–water partition coefficient (Wildman–Crippen LogP) is 1.89. The minimum Gasteiger partial charge on any atom is -0.454 e. The molecule has 1 N–H and O–H groups in total. The van der Waals surface area contributed by atoms with Gasteiger partial charge < -0.3 is 19.4 Å². The van der Waals surface area contributed by atoms with Crippen LogP contribution < -0.4 is 14.8 Å². The third kappa shape index (κ3) is 4.87. The molecule has 2 atom stereocenters. The zero-order valence-corrected chi connectivity index (χ0v) is 18.7. The van der Waals surface area contributed by atoms with Crippen LogP contribution in [-0.4, -0.2) is 52.6 Å². The molecule has 0 unspecified atom stereocenters. The summed E-state index contributed by atoms with van der Waals surface area (Å²) in [7, 11) is -3.03. The Balaban J connectivity index is 1.40. The molecule has 11 heteroatoms. The molecule has 2 aliphatic heterocycles. The molecule has 31 heavy (non-hydrogen) atoms. The lowest BCUT2D eigenvalue weighted by Crippen LogP contribution is -2.30. The van der Waals surface area contributed by atoms with E-state index in [1.165, 1.54) is 11.8 Å². The Morgan fingerprint density at radius 3 is 2.94 bits per heavy atom. The normalized spacial score (nSPS) is 19.8. The third-order valence-corrected chi connectivity index (χ3v) is 8.06. The average molecular weight is 465 g/mol. The van der Waals surface area contributed by atoms with Gasteiger partial charge in [-0.1, -0.05) is 23.9 Å². The van der Waals surface area contributed by atoms with E-state index >= 15 is 0 Å². The number of sulfone groups is 1. The van der Waals surface area contributed by atoms with E-state index in [9.17, 15) is 13.2 Å². The van der Waals surface area contributed by atoms with Crippen molar-refractivity contribution in [1.29, 1.82) is 0 Å². The van der Waals surface area contributed by atoms with Crippen molar-refractivity contribution in [3.63, 3.8) is 0 Å². The van der Waals surface area contributed by atoms with Crippen molar-refractivity contribution >= 4 is 27.5 Å². The van der Waals surface area contributed by atoms with Crippen molar-refractivity contribution < 1.29 is 22.7 Å². The first-order valence-electron chi connectivity index (χ1n) is 9.93. The molecule has 0 bridgehead atoms. The van der Waals surface area contributed by atoms with Crippen LogP contribution in [0.4, 0.5) is 0 Å². The maximum absolute atomic E-state index is 12.6.